The molecular formula is C10H19O7P. The normalized spacial score (nSPS) is 12.9. The van der Waals surface area contributed by atoms with Crippen LogP contribution < -0.4 is 0 Å². The van der Waals surface area contributed by atoms with Gasteiger partial charge in [0.2, 0.25) is 0 Å². The van der Waals surface area contributed by atoms with E-state index in [4.69, 9.17) is 13.8 Å². The summed E-state index contributed by atoms with van der Waals surface area (Å²) in [5, 5.41) is 0. The van der Waals surface area contributed by atoms with E-state index in [1.165, 1.54) is 14.0 Å². The molecular weight excluding hydrogens is 263 g/mol. The summed E-state index contributed by atoms with van der Waals surface area (Å²) in [5.74, 6) is -1.52. The molecule has 0 aliphatic carbocycles. The van der Waals surface area contributed by atoms with Crippen LogP contribution in [0.4, 0.5) is 0 Å². The van der Waals surface area contributed by atoms with Crippen LogP contribution >= 0.6 is 7.60 Å². The van der Waals surface area contributed by atoms with E-state index in [0.717, 1.165) is 0 Å². The summed E-state index contributed by atoms with van der Waals surface area (Å²) in [5.41, 5.74) is 0. The van der Waals surface area contributed by atoms with Crippen molar-refractivity contribution in [1.82, 2.24) is 0 Å². The van der Waals surface area contributed by atoms with Gasteiger partial charge in [-0.3, -0.25) is 9.36 Å². The van der Waals surface area contributed by atoms with Crippen molar-refractivity contribution >= 4 is 19.5 Å². The van der Waals surface area contributed by atoms with Crippen LogP contribution in [-0.2, 0) is 32.7 Å². The second-order valence-corrected chi connectivity index (χ2v) is 5.31. The number of esters is 2. The minimum absolute atomic E-state index is 0.150. The molecule has 0 aromatic rings. The monoisotopic (exact) mass is 282 g/mol. The third-order valence-electron chi connectivity index (χ3n) is 1.82. The van der Waals surface area contributed by atoms with Gasteiger partial charge in [-0.15, -0.1) is 0 Å². The lowest BCUT2D eigenvalue weighted by Crippen LogP contribution is -2.27. The molecule has 0 saturated heterocycles. The first-order chi connectivity index (χ1) is 8.38. The third kappa shape index (κ3) is 6.14. The van der Waals surface area contributed by atoms with Crippen molar-refractivity contribution in [2.45, 2.75) is 26.9 Å². The van der Waals surface area contributed by atoms with Gasteiger partial charge in [0.15, 0.2) is 6.10 Å². The molecule has 0 aromatic heterocycles. The van der Waals surface area contributed by atoms with E-state index in [9.17, 15) is 14.2 Å². The summed E-state index contributed by atoms with van der Waals surface area (Å²) < 4.78 is 31.0. The topological polar surface area (TPSA) is 88.1 Å². The molecule has 0 spiro atoms. The summed E-state index contributed by atoms with van der Waals surface area (Å²) >= 11 is 0. The van der Waals surface area contributed by atoms with Gasteiger partial charge in [0.25, 0.3) is 0 Å². The van der Waals surface area contributed by atoms with Crippen LogP contribution in [0.25, 0.3) is 0 Å². The average Bonchev–Trinajstić information content (AvgIpc) is 2.27. The molecule has 0 radical (unpaired) electrons. The minimum Gasteiger partial charge on any atom is -0.466 e. The Morgan fingerprint density at radius 1 is 1.17 bits per heavy atom. The van der Waals surface area contributed by atoms with Crippen LogP contribution in [0.3, 0.4) is 0 Å². The number of carbonyl (C=O) groups is 2. The fourth-order valence-electron chi connectivity index (χ4n) is 1.13. The van der Waals surface area contributed by atoms with Crippen LogP contribution in [0.15, 0.2) is 0 Å². The molecule has 0 bridgehead atoms. The Morgan fingerprint density at radius 3 is 2.06 bits per heavy atom. The van der Waals surface area contributed by atoms with E-state index in [1.807, 2.05) is 0 Å². The van der Waals surface area contributed by atoms with Crippen molar-refractivity contribution in [1.29, 1.82) is 0 Å². The molecule has 0 amide bonds. The molecule has 8 heteroatoms. The van der Waals surface area contributed by atoms with Crippen molar-refractivity contribution in [3.63, 3.8) is 0 Å². The summed E-state index contributed by atoms with van der Waals surface area (Å²) in [7, 11) is -2.32. The maximum Gasteiger partial charge on any atom is 0.346 e. The Labute approximate surface area is 106 Å². The number of methoxy groups -OCH3 is 1. The molecule has 0 aliphatic rings. The zero-order valence-corrected chi connectivity index (χ0v) is 11.9. The fourth-order valence-corrected chi connectivity index (χ4v) is 2.56. The quantitative estimate of drug-likeness (QED) is 0.490. The second-order valence-electron chi connectivity index (χ2n) is 3.26. The van der Waals surface area contributed by atoms with Crippen molar-refractivity contribution < 1.29 is 32.7 Å². The van der Waals surface area contributed by atoms with E-state index in [0.29, 0.717) is 0 Å². The second kappa shape index (κ2) is 8.24. The number of hydrogen-bond donors (Lipinski definition) is 0. The lowest BCUT2D eigenvalue weighted by Gasteiger charge is -2.17. The standard InChI is InChI=1S/C10H19O7P/c1-5-15-18(13,16-6-2)7-9(11)17-8(3)10(12)14-4/h8H,5-7H2,1-4H3. The Hall–Kier alpha value is -0.910. The zero-order chi connectivity index (χ0) is 14.2. The number of ether oxygens (including phenoxy) is 2. The van der Waals surface area contributed by atoms with E-state index in [1.54, 1.807) is 13.8 Å². The van der Waals surface area contributed by atoms with Crippen LogP contribution in [0.5, 0.6) is 0 Å². The van der Waals surface area contributed by atoms with Crippen LogP contribution in [0.1, 0.15) is 20.8 Å². The molecule has 1 unspecified atom stereocenters. The highest BCUT2D eigenvalue weighted by Crippen LogP contribution is 2.47. The zero-order valence-electron chi connectivity index (χ0n) is 11.0. The van der Waals surface area contributed by atoms with Crippen LogP contribution in [-0.4, -0.2) is 44.5 Å². The van der Waals surface area contributed by atoms with Gasteiger partial charge in [-0.2, -0.15) is 0 Å². The van der Waals surface area contributed by atoms with E-state index >= 15 is 0 Å². The molecule has 0 fully saturated rings. The fraction of sp³-hybridized carbons (Fsp3) is 0.800. The highest BCUT2D eigenvalue weighted by atomic mass is 31.2. The average molecular weight is 282 g/mol. The smallest absolute Gasteiger partial charge is 0.346 e. The predicted molar refractivity (Wildman–Crippen MR) is 63.3 cm³/mol. The lowest BCUT2D eigenvalue weighted by molar-refractivity contribution is -0.163. The molecule has 1 atom stereocenters. The van der Waals surface area contributed by atoms with E-state index in [2.05, 4.69) is 4.74 Å². The molecule has 0 aliphatic heterocycles. The highest BCUT2D eigenvalue weighted by Gasteiger charge is 2.30. The van der Waals surface area contributed by atoms with Gasteiger partial charge < -0.3 is 18.5 Å². The predicted octanol–water partition coefficient (Wildman–Crippen LogP) is 1.36. The summed E-state index contributed by atoms with van der Waals surface area (Å²) in [6.45, 7) is 4.92. The lowest BCUT2D eigenvalue weighted by atomic mass is 10.4. The first-order valence-corrected chi connectivity index (χ1v) is 7.26. The van der Waals surface area contributed by atoms with Gasteiger partial charge >= 0.3 is 19.5 Å². The van der Waals surface area contributed by atoms with Crippen LogP contribution in [0, 0.1) is 0 Å². The maximum atomic E-state index is 12.0. The Balaban J connectivity index is 4.43. The van der Waals surface area contributed by atoms with Gasteiger partial charge in [0.1, 0.15) is 6.16 Å². The Bertz CT molecular complexity index is 318. The SMILES string of the molecule is CCOP(=O)(CC(=O)OC(C)C(=O)OC)OCC. The van der Waals surface area contributed by atoms with Gasteiger partial charge in [-0.1, -0.05) is 0 Å². The third-order valence-corrected chi connectivity index (χ3v) is 3.76. The summed E-state index contributed by atoms with van der Waals surface area (Å²) in [6.07, 6.45) is -1.59. The number of hydrogen-bond acceptors (Lipinski definition) is 7. The van der Waals surface area contributed by atoms with Gasteiger partial charge in [0, 0.05) is 0 Å². The molecule has 7 nitrogen and oxygen atoms in total. The Kier molecular flexibility index (Phi) is 7.82. The van der Waals surface area contributed by atoms with Crippen molar-refractivity contribution in [2.75, 3.05) is 26.5 Å². The number of carbonyl (C=O) groups excluding carboxylic acids is 2. The first kappa shape index (κ1) is 17.1. The molecule has 106 valence electrons. The molecule has 0 rings (SSSR count). The van der Waals surface area contributed by atoms with E-state index in [-0.39, 0.29) is 13.2 Å². The minimum atomic E-state index is -3.50. The highest BCUT2D eigenvalue weighted by molar-refractivity contribution is 7.54. The Morgan fingerprint density at radius 2 is 1.67 bits per heavy atom. The molecule has 18 heavy (non-hydrogen) atoms. The van der Waals surface area contributed by atoms with Crippen molar-refractivity contribution in [3.05, 3.63) is 0 Å². The summed E-state index contributed by atoms with van der Waals surface area (Å²) in [6, 6.07) is 0. The van der Waals surface area contributed by atoms with Gasteiger partial charge in [0.05, 0.1) is 20.3 Å². The largest absolute Gasteiger partial charge is 0.466 e. The first-order valence-electron chi connectivity index (χ1n) is 5.54. The van der Waals surface area contributed by atoms with Crippen molar-refractivity contribution in [2.24, 2.45) is 0 Å². The summed E-state index contributed by atoms with van der Waals surface area (Å²) in [4.78, 5) is 22.5. The van der Waals surface area contributed by atoms with Gasteiger partial charge in [-0.25, -0.2) is 4.79 Å². The van der Waals surface area contributed by atoms with Crippen LogP contribution in [0.2, 0.25) is 0 Å². The van der Waals surface area contributed by atoms with E-state index < -0.39 is 31.8 Å². The maximum absolute atomic E-state index is 12.0. The van der Waals surface area contributed by atoms with Crippen molar-refractivity contribution in [3.8, 4) is 0 Å². The molecule has 0 aromatic carbocycles. The number of rotatable bonds is 8. The molecule has 0 N–H and O–H groups in total. The van der Waals surface area contributed by atoms with Gasteiger partial charge in [-0.05, 0) is 20.8 Å². The molecule has 0 heterocycles. The molecule has 0 saturated carbocycles.